The maximum absolute atomic E-state index is 12.9. The number of hydrogen-bond acceptors (Lipinski definition) is 6. The van der Waals surface area contributed by atoms with Crippen molar-refractivity contribution in [2.45, 2.75) is 6.42 Å². The van der Waals surface area contributed by atoms with Gasteiger partial charge in [0.05, 0.1) is 11.8 Å². The van der Waals surface area contributed by atoms with E-state index in [9.17, 15) is 13.2 Å². The molecule has 3 rings (SSSR count). The minimum Gasteiger partial charge on any atom is -0.337 e. The third-order valence-corrected chi connectivity index (χ3v) is 5.26. The van der Waals surface area contributed by atoms with E-state index in [1.54, 1.807) is 29.2 Å². The Morgan fingerprint density at radius 1 is 1.17 bits per heavy atom. The van der Waals surface area contributed by atoms with Gasteiger partial charge in [-0.15, -0.1) is 10.2 Å². The van der Waals surface area contributed by atoms with Crippen LogP contribution in [0.15, 0.2) is 24.3 Å². The van der Waals surface area contributed by atoms with Crippen molar-refractivity contribution in [3.63, 3.8) is 0 Å². The van der Waals surface area contributed by atoms with Crippen molar-refractivity contribution >= 4 is 15.9 Å². The molecule has 0 atom stereocenters. The Morgan fingerprint density at radius 2 is 1.96 bits per heavy atom. The van der Waals surface area contributed by atoms with Gasteiger partial charge in [0.15, 0.2) is 0 Å². The van der Waals surface area contributed by atoms with Crippen LogP contribution >= 0.6 is 0 Å². The fraction of sp³-hybridized carbons (Fsp3) is 0.429. The van der Waals surface area contributed by atoms with Crippen LogP contribution in [0.4, 0.5) is 0 Å². The van der Waals surface area contributed by atoms with Gasteiger partial charge in [0.25, 0.3) is 5.91 Å². The van der Waals surface area contributed by atoms with Gasteiger partial charge in [-0.05, 0) is 17.7 Å². The third-order valence-electron chi connectivity index (χ3n) is 3.95. The first kappa shape index (κ1) is 16.5. The number of aromatic nitrogens is 4. The number of hydrogen-bond donors (Lipinski definition) is 1. The van der Waals surface area contributed by atoms with Gasteiger partial charge in [-0.25, -0.2) is 12.7 Å². The van der Waals surface area contributed by atoms with Crippen LogP contribution in [0.5, 0.6) is 0 Å². The number of tetrazole rings is 1. The van der Waals surface area contributed by atoms with Gasteiger partial charge in [0.1, 0.15) is 0 Å². The number of rotatable bonds is 3. The summed E-state index contributed by atoms with van der Waals surface area (Å²) < 4.78 is 24.8. The summed E-state index contributed by atoms with van der Waals surface area (Å²) in [6, 6.07) is 7.06. The van der Waals surface area contributed by atoms with Crippen molar-refractivity contribution in [1.82, 2.24) is 29.8 Å². The smallest absolute Gasteiger partial charge is 0.254 e. The number of amides is 1. The third kappa shape index (κ3) is 3.44. The lowest BCUT2D eigenvalue weighted by atomic mass is 10.1. The highest BCUT2D eigenvalue weighted by Gasteiger charge is 2.26. The summed E-state index contributed by atoms with van der Waals surface area (Å²) in [5.41, 5.74) is 1.08. The molecule has 9 nitrogen and oxygen atoms in total. The van der Waals surface area contributed by atoms with E-state index in [0.717, 1.165) is 0 Å². The summed E-state index contributed by atoms with van der Waals surface area (Å²) in [5.74, 6) is 0.192. The first-order valence-electron chi connectivity index (χ1n) is 7.54. The lowest BCUT2D eigenvalue weighted by Crippen LogP contribution is -2.37. The number of sulfonamides is 1. The lowest BCUT2D eigenvalue weighted by molar-refractivity contribution is 0.0765. The standard InChI is InChI=1S/C14H18N6O3S/c1-24(22,23)20-8-4-7-19(9-10-20)14(21)12-6-3-2-5-11(12)13-15-17-18-16-13/h2-3,5-6H,4,7-10H2,1H3,(H,15,16,17,18). The van der Waals surface area contributed by atoms with Gasteiger partial charge >= 0.3 is 0 Å². The second kappa shape index (κ2) is 6.65. The van der Waals surface area contributed by atoms with Crippen LogP contribution in [0.1, 0.15) is 16.8 Å². The molecule has 1 aromatic carbocycles. The van der Waals surface area contributed by atoms with Crippen LogP contribution in [-0.4, -0.2) is 76.6 Å². The van der Waals surface area contributed by atoms with Crippen LogP contribution in [-0.2, 0) is 10.0 Å². The molecular weight excluding hydrogens is 332 g/mol. The molecule has 10 heteroatoms. The Hall–Kier alpha value is -2.33. The molecule has 128 valence electrons. The monoisotopic (exact) mass is 350 g/mol. The molecule has 1 amide bonds. The number of carbonyl (C=O) groups is 1. The first-order valence-corrected chi connectivity index (χ1v) is 9.39. The minimum absolute atomic E-state index is 0.161. The highest BCUT2D eigenvalue weighted by Crippen LogP contribution is 2.21. The topological polar surface area (TPSA) is 112 Å². The molecule has 0 spiro atoms. The molecule has 0 saturated carbocycles. The average Bonchev–Trinajstić information content (AvgIpc) is 2.96. The van der Waals surface area contributed by atoms with E-state index in [-0.39, 0.29) is 5.91 Å². The first-order chi connectivity index (χ1) is 11.5. The number of benzene rings is 1. The molecule has 0 bridgehead atoms. The molecule has 1 saturated heterocycles. The molecule has 1 N–H and O–H groups in total. The van der Waals surface area contributed by atoms with Crippen molar-refractivity contribution in [2.75, 3.05) is 32.4 Å². The number of H-pyrrole nitrogens is 1. The van der Waals surface area contributed by atoms with Crippen molar-refractivity contribution in [3.05, 3.63) is 29.8 Å². The molecule has 1 fully saturated rings. The quantitative estimate of drug-likeness (QED) is 0.832. The summed E-state index contributed by atoms with van der Waals surface area (Å²) >= 11 is 0. The lowest BCUT2D eigenvalue weighted by Gasteiger charge is -2.22. The molecule has 0 aliphatic carbocycles. The number of nitrogens with zero attached hydrogens (tertiary/aromatic N) is 5. The van der Waals surface area contributed by atoms with Gasteiger partial charge in [-0.1, -0.05) is 18.2 Å². The van der Waals surface area contributed by atoms with E-state index in [4.69, 9.17) is 0 Å². The Balaban J connectivity index is 1.83. The fourth-order valence-electron chi connectivity index (χ4n) is 2.74. The van der Waals surface area contributed by atoms with Crippen molar-refractivity contribution in [1.29, 1.82) is 0 Å². The number of nitrogens with one attached hydrogen (secondary N) is 1. The molecule has 1 aliphatic heterocycles. The van der Waals surface area contributed by atoms with Gasteiger partial charge < -0.3 is 4.90 Å². The van der Waals surface area contributed by atoms with Gasteiger partial charge in [0.2, 0.25) is 15.8 Å². The molecule has 1 aromatic heterocycles. The molecule has 2 heterocycles. The highest BCUT2D eigenvalue weighted by molar-refractivity contribution is 7.88. The zero-order chi connectivity index (χ0) is 17.2. The summed E-state index contributed by atoms with van der Waals surface area (Å²) in [4.78, 5) is 14.6. The van der Waals surface area contributed by atoms with Gasteiger partial charge in [-0.3, -0.25) is 4.79 Å². The van der Waals surface area contributed by atoms with E-state index < -0.39 is 10.0 Å². The van der Waals surface area contributed by atoms with E-state index in [1.807, 2.05) is 0 Å². The predicted molar refractivity (Wildman–Crippen MR) is 86.6 cm³/mol. The minimum atomic E-state index is -3.24. The second-order valence-corrected chi connectivity index (χ2v) is 7.57. The zero-order valence-electron chi connectivity index (χ0n) is 13.2. The van der Waals surface area contributed by atoms with Gasteiger partial charge in [-0.2, -0.15) is 5.21 Å². The second-order valence-electron chi connectivity index (χ2n) is 5.59. The van der Waals surface area contributed by atoms with Crippen LogP contribution in [0.2, 0.25) is 0 Å². The SMILES string of the molecule is CS(=O)(=O)N1CCCN(C(=O)c2ccccc2-c2nn[nH]n2)CC1. The van der Waals surface area contributed by atoms with Crippen LogP contribution < -0.4 is 0 Å². The van der Waals surface area contributed by atoms with E-state index >= 15 is 0 Å². The molecule has 24 heavy (non-hydrogen) atoms. The largest absolute Gasteiger partial charge is 0.337 e. The predicted octanol–water partition coefficient (Wildman–Crippen LogP) is -0.0258. The molecule has 0 radical (unpaired) electrons. The normalized spacial score (nSPS) is 16.8. The molecule has 1 aliphatic rings. The maximum Gasteiger partial charge on any atom is 0.254 e. The zero-order valence-corrected chi connectivity index (χ0v) is 14.0. The van der Waals surface area contributed by atoms with E-state index in [0.29, 0.717) is 49.6 Å². The maximum atomic E-state index is 12.9. The van der Waals surface area contributed by atoms with Crippen LogP contribution in [0.3, 0.4) is 0 Å². The summed E-state index contributed by atoms with van der Waals surface area (Å²) in [5, 5.41) is 13.8. The van der Waals surface area contributed by atoms with E-state index in [1.165, 1.54) is 10.6 Å². The molecule has 0 unspecified atom stereocenters. The number of aromatic amines is 1. The fourth-order valence-corrected chi connectivity index (χ4v) is 3.61. The Kier molecular flexibility index (Phi) is 4.58. The average molecular weight is 350 g/mol. The highest BCUT2D eigenvalue weighted by atomic mass is 32.2. The Bertz CT molecular complexity index is 821. The molecular formula is C14H18N6O3S. The van der Waals surface area contributed by atoms with E-state index in [2.05, 4.69) is 20.6 Å². The number of carbonyl (C=O) groups excluding carboxylic acids is 1. The van der Waals surface area contributed by atoms with Crippen molar-refractivity contribution in [3.8, 4) is 11.4 Å². The Labute approximate surface area is 139 Å². The summed E-state index contributed by atoms with van der Waals surface area (Å²) in [7, 11) is -3.24. The summed E-state index contributed by atoms with van der Waals surface area (Å²) in [6.07, 6.45) is 1.79. The van der Waals surface area contributed by atoms with Crippen molar-refractivity contribution in [2.24, 2.45) is 0 Å². The Morgan fingerprint density at radius 3 is 2.67 bits per heavy atom. The van der Waals surface area contributed by atoms with Crippen molar-refractivity contribution < 1.29 is 13.2 Å². The van der Waals surface area contributed by atoms with Crippen LogP contribution in [0, 0.1) is 0 Å². The van der Waals surface area contributed by atoms with Crippen LogP contribution in [0.25, 0.3) is 11.4 Å². The molecule has 2 aromatic rings. The summed E-state index contributed by atoms with van der Waals surface area (Å²) in [6.45, 7) is 1.59. The van der Waals surface area contributed by atoms with Gasteiger partial charge in [0, 0.05) is 31.7 Å².